The number of benzene rings is 3. The number of amides is 1. The second-order valence-electron chi connectivity index (χ2n) is 10.3. The predicted octanol–water partition coefficient (Wildman–Crippen LogP) is 7.22. The molecule has 2 atom stereocenters. The summed E-state index contributed by atoms with van der Waals surface area (Å²) < 4.78 is 12.3. The lowest BCUT2D eigenvalue weighted by Crippen LogP contribution is -2.29. The number of rotatable bonds is 9. The number of halogens is 1. The normalized spacial score (nSPS) is 19.0. The summed E-state index contributed by atoms with van der Waals surface area (Å²) in [6, 6.07) is 19.1. The van der Waals surface area contributed by atoms with Crippen LogP contribution < -0.4 is 14.4 Å². The number of Topliss-reactive ketones (excluding diaryl/α,β-unsaturated/α-hetero) is 1. The minimum Gasteiger partial charge on any atom is -0.507 e. The summed E-state index contributed by atoms with van der Waals surface area (Å²) in [4.78, 5) is 28.6. The first-order valence-corrected chi connectivity index (χ1v) is 16.0. The van der Waals surface area contributed by atoms with Crippen LogP contribution >= 0.6 is 34.7 Å². The zero-order valence-electron chi connectivity index (χ0n) is 23.5. The molecule has 1 amide bonds. The highest BCUT2D eigenvalue weighted by Gasteiger charge is 2.48. The van der Waals surface area contributed by atoms with E-state index in [9.17, 15) is 14.7 Å². The molecule has 2 aliphatic heterocycles. The summed E-state index contributed by atoms with van der Waals surface area (Å²) in [7, 11) is 0. The SMILES string of the molecule is CCCOc1cccc([C@@H]2C(=C(O)c3ccc4c(c3)C[C@H](C)O4)C(=O)C(=O)N2c2nnc(SCc3ccc(Cl)cc3)s2)c1. The Kier molecular flexibility index (Phi) is 8.43. The van der Waals surface area contributed by atoms with E-state index < -0.39 is 17.7 Å². The predicted molar refractivity (Wildman–Crippen MR) is 168 cm³/mol. The second kappa shape index (κ2) is 12.4. The number of carbonyl (C=O) groups is 2. The number of fused-ring (bicyclic) bond motifs is 1. The Morgan fingerprint density at radius 3 is 2.74 bits per heavy atom. The minimum atomic E-state index is -0.935. The van der Waals surface area contributed by atoms with Gasteiger partial charge in [0.25, 0.3) is 5.78 Å². The number of carbonyl (C=O) groups excluding carboxylic acids is 2. The van der Waals surface area contributed by atoms with Gasteiger partial charge in [0.15, 0.2) is 4.34 Å². The van der Waals surface area contributed by atoms with E-state index in [2.05, 4.69) is 10.2 Å². The zero-order valence-corrected chi connectivity index (χ0v) is 25.8. The van der Waals surface area contributed by atoms with Gasteiger partial charge in [-0.3, -0.25) is 14.5 Å². The van der Waals surface area contributed by atoms with Crippen molar-refractivity contribution in [1.29, 1.82) is 0 Å². The molecule has 0 unspecified atom stereocenters. The Morgan fingerprint density at radius 2 is 1.95 bits per heavy atom. The van der Waals surface area contributed by atoms with Gasteiger partial charge in [0.2, 0.25) is 5.13 Å². The maximum atomic E-state index is 13.7. The molecule has 2 aliphatic rings. The molecule has 3 heterocycles. The minimum absolute atomic E-state index is 0.0184. The maximum Gasteiger partial charge on any atom is 0.301 e. The second-order valence-corrected chi connectivity index (χ2v) is 12.9. The first-order valence-electron chi connectivity index (χ1n) is 13.9. The third-order valence-corrected chi connectivity index (χ3v) is 9.52. The Hall–Kier alpha value is -3.86. The van der Waals surface area contributed by atoms with Crippen molar-refractivity contribution in [3.63, 3.8) is 0 Å². The average molecular weight is 634 g/mol. The first kappa shape index (κ1) is 29.2. The number of hydrogen-bond donors (Lipinski definition) is 1. The van der Waals surface area contributed by atoms with E-state index in [0.717, 1.165) is 23.3 Å². The van der Waals surface area contributed by atoms with Crippen LogP contribution in [0.5, 0.6) is 11.5 Å². The highest BCUT2D eigenvalue weighted by atomic mass is 35.5. The van der Waals surface area contributed by atoms with Crippen molar-refractivity contribution < 1.29 is 24.2 Å². The van der Waals surface area contributed by atoms with Gasteiger partial charge in [-0.15, -0.1) is 10.2 Å². The van der Waals surface area contributed by atoms with E-state index in [4.69, 9.17) is 21.1 Å². The molecule has 0 spiro atoms. The lowest BCUT2D eigenvalue weighted by molar-refractivity contribution is -0.132. The number of aliphatic hydroxyl groups excluding tert-OH is 1. The molecule has 1 fully saturated rings. The molecule has 1 N–H and O–H groups in total. The Balaban J connectivity index is 1.39. The van der Waals surface area contributed by atoms with E-state index in [0.29, 0.717) is 45.0 Å². The van der Waals surface area contributed by atoms with Crippen LogP contribution in [0.2, 0.25) is 5.02 Å². The van der Waals surface area contributed by atoms with Gasteiger partial charge in [-0.25, -0.2) is 0 Å². The number of hydrogen-bond acceptors (Lipinski definition) is 9. The molecule has 0 bridgehead atoms. The number of nitrogens with zero attached hydrogens (tertiary/aromatic N) is 3. The van der Waals surface area contributed by atoms with E-state index in [1.54, 1.807) is 18.2 Å². The number of aliphatic hydroxyl groups is 1. The quantitative estimate of drug-likeness (QED) is 0.0678. The third-order valence-electron chi connectivity index (χ3n) is 7.14. The zero-order chi connectivity index (χ0) is 30.1. The fourth-order valence-electron chi connectivity index (χ4n) is 5.15. The van der Waals surface area contributed by atoms with Crippen LogP contribution in [0, 0.1) is 0 Å². The van der Waals surface area contributed by atoms with Crippen LogP contribution in [0.1, 0.15) is 48.6 Å². The van der Waals surface area contributed by atoms with Crippen LogP contribution in [0.3, 0.4) is 0 Å². The number of thioether (sulfide) groups is 1. The summed E-state index contributed by atoms with van der Waals surface area (Å²) in [5.74, 6) is 0.151. The highest BCUT2D eigenvalue weighted by Crippen LogP contribution is 2.45. The molecule has 220 valence electrons. The summed E-state index contributed by atoms with van der Waals surface area (Å²) in [5.41, 5.74) is 3.02. The molecule has 0 saturated carbocycles. The standard InChI is InChI=1S/C32H28ClN3O5S2/c1-3-13-40-24-6-4-5-20(16-24)27-26(28(37)21-9-12-25-22(15-21)14-18(2)41-25)29(38)30(39)36(27)31-34-35-32(43-31)42-17-19-7-10-23(33)11-8-19/h4-12,15-16,18,27,37H,3,13-14,17H2,1-2H3/t18-,27+/m0/s1. The van der Waals surface area contributed by atoms with Crippen LogP contribution in [-0.2, 0) is 21.8 Å². The van der Waals surface area contributed by atoms with Crippen LogP contribution in [-0.4, -0.2) is 39.7 Å². The number of aromatic nitrogens is 2. The third kappa shape index (κ3) is 6.00. The summed E-state index contributed by atoms with van der Waals surface area (Å²) in [6.07, 6.45) is 1.53. The van der Waals surface area contributed by atoms with Crippen molar-refractivity contribution in [1.82, 2.24) is 10.2 Å². The summed E-state index contributed by atoms with van der Waals surface area (Å²) in [6.45, 7) is 4.51. The molecule has 3 aromatic carbocycles. The van der Waals surface area contributed by atoms with Gasteiger partial charge in [-0.2, -0.15) is 0 Å². The fourth-order valence-corrected chi connectivity index (χ4v) is 7.10. The van der Waals surface area contributed by atoms with Crippen LogP contribution in [0.4, 0.5) is 5.13 Å². The van der Waals surface area contributed by atoms with Crippen molar-refractivity contribution in [2.45, 2.75) is 48.9 Å². The van der Waals surface area contributed by atoms with E-state index in [1.165, 1.54) is 28.0 Å². The number of ketones is 1. The molecule has 1 aromatic heterocycles. The Labute approximate surface area is 262 Å². The molecule has 43 heavy (non-hydrogen) atoms. The van der Waals surface area contributed by atoms with Gasteiger partial charge in [0, 0.05) is 22.8 Å². The monoisotopic (exact) mass is 633 g/mol. The molecule has 6 rings (SSSR count). The first-order chi connectivity index (χ1) is 20.8. The van der Waals surface area contributed by atoms with Crippen LogP contribution in [0.15, 0.2) is 76.6 Å². The molecule has 11 heteroatoms. The van der Waals surface area contributed by atoms with Gasteiger partial charge in [-0.1, -0.05) is 65.9 Å². The number of ether oxygens (including phenoxy) is 2. The topological polar surface area (TPSA) is 102 Å². The van der Waals surface area contributed by atoms with Crippen LogP contribution in [0.25, 0.3) is 5.76 Å². The largest absolute Gasteiger partial charge is 0.507 e. The lowest BCUT2D eigenvalue weighted by Gasteiger charge is -2.23. The Bertz CT molecular complexity index is 1720. The fraction of sp³-hybridized carbons (Fsp3) is 0.250. The molecule has 0 radical (unpaired) electrons. The smallest absolute Gasteiger partial charge is 0.301 e. The molecule has 8 nitrogen and oxygen atoms in total. The lowest BCUT2D eigenvalue weighted by atomic mass is 9.94. The van der Waals surface area contributed by atoms with Crippen molar-refractivity contribution in [3.05, 3.63) is 99.6 Å². The highest BCUT2D eigenvalue weighted by molar-refractivity contribution is 8.00. The van der Waals surface area contributed by atoms with Gasteiger partial charge >= 0.3 is 5.91 Å². The van der Waals surface area contributed by atoms with Crippen molar-refractivity contribution in [2.24, 2.45) is 0 Å². The molecule has 0 aliphatic carbocycles. The van der Waals surface area contributed by atoms with E-state index >= 15 is 0 Å². The molecule has 1 saturated heterocycles. The van der Waals surface area contributed by atoms with Gasteiger partial charge in [0.05, 0.1) is 18.2 Å². The molecular formula is C32H28ClN3O5S2. The summed E-state index contributed by atoms with van der Waals surface area (Å²) in [5, 5.41) is 21.1. The average Bonchev–Trinajstić information content (AvgIpc) is 3.70. The van der Waals surface area contributed by atoms with Crippen molar-refractivity contribution in [3.8, 4) is 11.5 Å². The molecule has 4 aromatic rings. The number of anilines is 1. The Morgan fingerprint density at radius 1 is 1.14 bits per heavy atom. The van der Waals surface area contributed by atoms with E-state index in [-0.39, 0.29) is 22.6 Å². The maximum absolute atomic E-state index is 13.7. The van der Waals surface area contributed by atoms with Gasteiger partial charge in [0.1, 0.15) is 23.4 Å². The van der Waals surface area contributed by atoms with Crippen molar-refractivity contribution in [2.75, 3.05) is 11.5 Å². The molecular weight excluding hydrogens is 606 g/mol. The van der Waals surface area contributed by atoms with Gasteiger partial charge in [-0.05, 0) is 72.5 Å². The van der Waals surface area contributed by atoms with Gasteiger partial charge < -0.3 is 14.6 Å². The van der Waals surface area contributed by atoms with Crippen molar-refractivity contribution >= 4 is 57.3 Å². The van der Waals surface area contributed by atoms with E-state index in [1.807, 2.05) is 62.4 Å². The summed E-state index contributed by atoms with van der Waals surface area (Å²) >= 11 is 8.69.